The van der Waals surface area contributed by atoms with Crippen LogP contribution < -0.4 is 14.8 Å². The number of methoxy groups -OCH3 is 1. The van der Waals surface area contributed by atoms with Gasteiger partial charge in [0, 0.05) is 5.56 Å². The van der Waals surface area contributed by atoms with Gasteiger partial charge in [-0.1, -0.05) is 18.2 Å². The molecule has 134 valence electrons. The average molecular weight is 353 g/mol. The summed E-state index contributed by atoms with van der Waals surface area (Å²) < 4.78 is 12.4. The molecule has 0 atom stereocenters. The van der Waals surface area contributed by atoms with Gasteiger partial charge in [0.25, 0.3) is 5.91 Å². The summed E-state index contributed by atoms with van der Waals surface area (Å²) in [4.78, 5) is 12.3. The maximum atomic E-state index is 12.3. The van der Waals surface area contributed by atoms with Crippen LogP contribution >= 0.6 is 0 Å². The summed E-state index contributed by atoms with van der Waals surface area (Å²) in [5.41, 5.74) is 1.25. The molecule has 8 nitrogen and oxygen atoms in total. The van der Waals surface area contributed by atoms with Crippen LogP contribution in [0.4, 0.5) is 0 Å². The number of amides is 1. The molecule has 0 saturated heterocycles. The first kappa shape index (κ1) is 17.4. The maximum Gasteiger partial charge on any atom is 0.251 e. The third kappa shape index (κ3) is 3.97. The van der Waals surface area contributed by atoms with Crippen LogP contribution in [0.25, 0.3) is 5.69 Å². The number of ether oxygens (including phenoxy) is 2. The molecule has 0 radical (unpaired) electrons. The predicted molar refractivity (Wildman–Crippen MR) is 94.7 cm³/mol. The molecular weight excluding hydrogens is 334 g/mol. The molecule has 0 unspecified atom stereocenters. The summed E-state index contributed by atoms with van der Waals surface area (Å²) in [5, 5.41) is 14.2. The average Bonchev–Trinajstić information content (AvgIpc) is 3.11. The molecule has 1 aromatic heterocycles. The van der Waals surface area contributed by atoms with Crippen molar-refractivity contribution in [3.63, 3.8) is 0 Å². The van der Waals surface area contributed by atoms with Gasteiger partial charge in [0.1, 0.15) is 6.61 Å². The van der Waals surface area contributed by atoms with E-state index in [2.05, 4.69) is 20.8 Å². The number of para-hydroxylation sites is 2. The van der Waals surface area contributed by atoms with Gasteiger partial charge in [0.15, 0.2) is 17.3 Å². The molecule has 0 bridgehead atoms. The second-order valence-corrected chi connectivity index (χ2v) is 5.44. The Morgan fingerprint density at radius 1 is 1.15 bits per heavy atom. The largest absolute Gasteiger partial charge is 0.493 e. The van der Waals surface area contributed by atoms with E-state index < -0.39 is 0 Å². The number of rotatable bonds is 7. The molecule has 0 aliphatic heterocycles. The van der Waals surface area contributed by atoms with E-state index in [1.807, 2.05) is 30.3 Å². The summed E-state index contributed by atoms with van der Waals surface area (Å²) >= 11 is 0. The monoisotopic (exact) mass is 353 g/mol. The summed E-state index contributed by atoms with van der Waals surface area (Å²) in [6.45, 7) is 2.49. The second-order valence-electron chi connectivity index (χ2n) is 5.44. The fourth-order valence-electron chi connectivity index (χ4n) is 2.41. The highest BCUT2D eigenvalue weighted by Crippen LogP contribution is 2.25. The third-order valence-electron chi connectivity index (χ3n) is 3.69. The zero-order valence-corrected chi connectivity index (χ0v) is 14.5. The van der Waals surface area contributed by atoms with Crippen LogP contribution in [0.3, 0.4) is 0 Å². The fraction of sp³-hybridized carbons (Fsp3) is 0.222. The van der Waals surface area contributed by atoms with Crippen molar-refractivity contribution >= 4 is 5.91 Å². The van der Waals surface area contributed by atoms with Crippen molar-refractivity contribution in [3.8, 4) is 17.2 Å². The Morgan fingerprint density at radius 3 is 2.69 bits per heavy atom. The van der Waals surface area contributed by atoms with E-state index in [0.29, 0.717) is 36.0 Å². The molecule has 2 aromatic carbocycles. The van der Waals surface area contributed by atoms with Crippen molar-refractivity contribution in [3.05, 3.63) is 59.9 Å². The second kappa shape index (κ2) is 8.11. The van der Waals surface area contributed by atoms with Crippen molar-refractivity contribution in [1.29, 1.82) is 0 Å². The van der Waals surface area contributed by atoms with Crippen molar-refractivity contribution in [2.45, 2.75) is 6.92 Å². The zero-order valence-electron chi connectivity index (χ0n) is 14.5. The molecule has 0 aliphatic rings. The molecule has 1 N–H and O–H groups in total. The van der Waals surface area contributed by atoms with Gasteiger partial charge in [-0.2, -0.15) is 4.68 Å². The minimum Gasteiger partial charge on any atom is -0.493 e. The Hall–Kier alpha value is -3.42. The number of aromatic nitrogens is 4. The number of nitrogens with zero attached hydrogens (tertiary/aromatic N) is 4. The molecule has 26 heavy (non-hydrogen) atoms. The molecule has 3 rings (SSSR count). The van der Waals surface area contributed by atoms with E-state index in [0.717, 1.165) is 5.69 Å². The number of benzene rings is 2. The van der Waals surface area contributed by atoms with Crippen LogP contribution in [-0.2, 0) is 0 Å². The van der Waals surface area contributed by atoms with E-state index in [4.69, 9.17) is 9.47 Å². The lowest BCUT2D eigenvalue weighted by atomic mass is 10.2. The predicted octanol–water partition coefficient (Wildman–Crippen LogP) is 1.79. The molecule has 0 saturated carbocycles. The van der Waals surface area contributed by atoms with E-state index in [1.54, 1.807) is 36.9 Å². The van der Waals surface area contributed by atoms with Crippen LogP contribution in [0, 0.1) is 6.92 Å². The molecule has 1 heterocycles. The Balaban J connectivity index is 1.56. The van der Waals surface area contributed by atoms with E-state index in [-0.39, 0.29) is 5.91 Å². The van der Waals surface area contributed by atoms with E-state index in [1.165, 1.54) is 0 Å². The molecule has 0 aliphatic carbocycles. The Kier molecular flexibility index (Phi) is 5.43. The summed E-state index contributed by atoms with van der Waals surface area (Å²) in [6, 6.07) is 14.5. The molecule has 8 heteroatoms. The number of carbonyl (C=O) groups is 1. The quantitative estimate of drug-likeness (QED) is 0.651. The van der Waals surface area contributed by atoms with Crippen LogP contribution in [0.15, 0.2) is 48.5 Å². The molecular formula is C18H19N5O3. The van der Waals surface area contributed by atoms with E-state index in [9.17, 15) is 4.79 Å². The summed E-state index contributed by atoms with van der Waals surface area (Å²) in [5.74, 6) is 1.75. The number of nitrogens with one attached hydrogen (secondary N) is 1. The fourth-order valence-corrected chi connectivity index (χ4v) is 2.41. The Bertz CT molecular complexity index is 894. The Labute approximate surface area is 150 Å². The normalized spacial score (nSPS) is 10.4. The van der Waals surface area contributed by atoms with Gasteiger partial charge >= 0.3 is 0 Å². The topological polar surface area (TPSA) is 91.2 Å². The van der Waals surface area contributed by atoms with Gasteiger partial charge in [-0.05, 0) is 47.7 Å². The molecule has 3 aromatic rings. The van der Waals surface area contributed by atoms with Gasteiger partial charge in [-0.3, -0.25) is 4.79 Å². The van der Waals surface area contributed by atoms with Gasteiger partial charge in [0.05, 0.1) is 19.3 Å². The minimum atomic E-state index is -0.193. The van der Waals surface area contributed by atoms with Gasteiger partial charge in [-0.25, -0.2) is 0 Å². The summed E-state index contributed by atoms with van der Waals surface area (Å²) in [6.07, 6.45) is 0. The lowest BCUT2D eigenvalue weighted by molar-refractivity contribution is 0.0946. The number of tetrazole rings is 1. The highest BCUT2D eigenvalue weighted by Gasteiger charge is 2.09. The number of hydrogen-bond acceptors (Lipinski definition) is 6. The molecule has 0 spiro atoms. The number of carbonyl (C=O) groups excluding carboxylic acids is 1. The van der Waals surface area contributed by atoms with Gasteiger partial charge in [0.2, 0.25) is 0 Å². The van der Waals surface area contributed by atoms with E-state index >= 15 is 0 Å². The lowest BCUT2D eigenvalue weighted by Crippen LogP contribution is -2.28. The first-order valence-corrected chi connectivity index (χ1v) is 8.08. The lowest BCUT2D eigenvalue weighted by Gasteiger charge is -2.11. The van der Waals surface area contributed by atoms with Crippen molar-refractivity contribution in [2.24, 2.45) is 0 Å². The van der Waals surface area contributed by atoms with Gasteiger partial charge < -0.3 is 14.8 Å². The maximum absolute atomic E-state index is 12.3. The first-order valence-electron chi connectivity index (χ1n) is 8.08. The van der Waals surface area contributed by atoms with Crippen LogP contribution in [0.1, 0.15) is 16.2 Å². The Morgan fingerprint density at radius 2 is 1.96 bits per heavy atom. The highest BCUT2D eigenvalue weighted by molar-refractivity contribution is 5.94. The minimum absolute atomic E-state index is 0.193. The third-order valence-corrected chi connectivity index (χ3v) is 3.69. The SMILES string of the molecule is COc1ccccc1OCCNC(=O)c1cccc(-n2nnnc2C)c1. The van der Waals surface area contributed by atoms with Crippen molar-refractivity contribution in [1.82, 2.24) is 25.5 Å². The first-order chi connectivity index (χ1) is 12.7. The molecule has 1 amide bonds. The van der Waals surface area contributed by atoms with Crippen LogP contribution in [0.2, 0.25) is 0 Å². The molecule has 0 fully saturated rings. The summed E-state index contributed by atoms with van der Waals surface area (Å²) in [7, 11) is 1.59. The van der Waals surface area contributed by atoms with Crippen LogP contribution in [0.5, 0.6) is 11.5 Å². The number of hydrogen-bond donors (Lipinski definition) is 1. The van der Waals surface area contributed by atoms with Crippen LogP contribution in [-0.4, -0.2) is 46.4 Å². The highest BCUT2D eigenvalue weighted by atomic mass is 16.5. The van der Waals surface area contributed by atoms with Crippen molar-refractivity contribution < 1.29 is 14.3 Å². The van der Waals surface area contributed by atoms with Crippen molar-refractivity contribution in [2.75, 3.05) is 20.3 Å². The standard InChI is InChI=1S/C18H19N5O3/c1-13-20-21-22-23(13)15-7-5-6-14(12-15)18(24)19-10-11-26-17-9-4-3-8-16(17)25-2/h3-9,12H,10-11H2,1-2H3,(H,19,24). The smallest absolute Gasteiger partial charge is 0.251 e. The number of aryl methyl sites for hydroxylation is 1. The van der Waals surface area contributed by atoms with Gasteiger partial charge in [-0.15, -0.1) is 5.10 Å². The zero-order chi connectivity index (χ0) is 18.4.